The Balaban J connectivity index is 2.75. The molecule has 1 aromatic carbocycles. The summed E-state index contributed by atoms with van der Waals surface area (Å²) in [6.07, 6.45) is 3.05. The predicted octanol–water partition coefficient (Wildman–Crippen LogP) is 2.93. The molecule has 0 aliphatic carbocycles. The lowest BCUT2D eigenvalue weighted by Gasteiger charge is -2.17. The van der Waals surface area contributed by atoms with E-state index in [0.717, 1.165) is 31.5 Å². The molecule has 1 rings (SSSR count). The minimum Gasteiger partial charge on any atom is -0.385 e. The van der Waals surface area contributed by atoms with Crippen molar-refractivity contribution < 1.29 is 8.42 Å². The van der Waals surface area contributed by atoms with Crippen LogP contribution >= 0.6 is 0 Å². The van der Waals surface area contributed by atoms with Crippen molar-refractivity contribution in [3.8, 4) is 0 Å². The van der Waals surface area contributed by atoms with Gasteiger partial charge in [-0.25, -0.2) is 12.7 Å². The maximum atomic E-state index is 12.3. The summed E-state index contributed by atoms with van der Waals surface area (Å²) in [5.74, 6) is 0. The summed E-state index contributed by atoms with van der Waals surface area (Å²) in [4.78, 5) is 0.355. The van der Waals surface area contributed by atoms with Crippen molar-refractivity contribution in [3.05, 3.63) is 24.3 Å². The van der Waals surface area contributed by atoms with Crippen molar-refractivity contribution in [2.75, 3.05) is 25.5 Å². The maximum absolute atomic E-state index is 12.3. The van der Waals surface area contributed by atoms with Gasteiger partial charge < -0.3 is 5.32 Å². The molecule has 0 saturated carbocycles. The first-order chi connectivity index (χ1) is 9.02. The molecule has 1 aromatic rings. The van der Waals surface area contributed by atoms with Gasteiger partial charge in [-0.1, -0.05) is 19.8 Å². The van der Waals surface area contributed by atoms with E-state index in [2.05, 4.69) is 12.2 Å². The van der Waals surface area contributed by atoms with Crippen molar-refractivity contribution in [2.24, 2.45) is 0 Å². The van der Waals surface area contributed by atoms with Gasteiger partial charge in [-0.15, -0.1) is 0 Å². The van der Waals surface area contributed by atoms with Gasteiger partial charge in [0.05, 0.1) is 4.90 Å². The van der Waals surface area contributed by atoms with E-state index in [0.29, 0.717) is 11.4 Å². The zero-order valence-electron chi connectivity index (χ0n) is 12.0. The van der Waals surface area contributed by atoms with Gasteiger partial charge in [0.2, 0.25) is 10.0 Å². The fourth-order valence-electron chi connectivity index (χ4n) is 1.83. The zero-order chi connectivity index (χ0) is 14.3. The zero-order valence-corrected chi connectivity index (χ0v) is 12.8. The van der Waals surface area contributed by atoms with Gasteiger partial charge in [-0.2, -0.15) is 0 Å². The molecule has 0 unspecified atom stereocenters. The Morgan fingerprint density at radius 2 is 1.74 bits per heavy atom. The van der Waals surface area contributed by atoms with E-state index in [-0.39, 0.29) is 0 Å². The molecule has 108 valence electrons. The molecule has 0 bridgehead atoms. The number of benzene rings is 1. The molecule has 0 aliphatic rings. The number of hydrogen-bond donors (Lipinski definition) is 1. The minimum absolute atomic E-state index is 0.355. The van der Waals surface area contributed by atoms with Crippen molar-refractivity contribution in [1.29, 1.82) is 0 Å². The van der Waals surface area contributed by atoms with Gasteiger partial charge in [0.15, 0.2) is 0 Å². The van der Waals surface area contributed by atoms with Crippen LogP contribution in [0.5, 0.6) is 0 Å². The smallest absolute Gasteiger partial charge is 0.242 e. The third kappa shape index (κ3) is 4.51. The Hall–Kier alpha value is -1.07. The lowest BCUT2D eigenvalue weighted by Crippen LogP contribution is -2.27. The standard InChI is InChI=1S/C14H24N2O2S/c1-4-6-7-12-16(3)19(17,18)14-10-8-13(9-11-14)15-5-2/h8-11,15H,4-7,12H2,1-3H3. The predicted molar refractivity (Wildman–Crippen MR) is 79.9 cm³/mol. The molecule has 0 atom stereocenters. The van der Waals surface area contributed by atoms with Crippen LogP contribution in [-0.4, -0.2) is 32.9 Å². The molecule has 0 fully saturated rings. The van der Waals surface area contributed by atoms with Crippen molar-refractivity contribution >= 4 is 15.7 Å². The molecular formula is C14H24N2O2S. The third-order valence-electron chi connectivity index (χ3n) is 3.02. The number of nitrogens with zero attached hydrogens (tertiary/aromatic N) is 1. The Kier molecular flexibility index (Phi) is 6.31. The monoisotopic (exact) mass is 284 g/mol. The van der Waals surface area contributed by atoms with Crippen LogP contribution in [0.15, 0.2) is 29.2 Å². The molecule has 0 aliphatic heterocycles. The fourth-order valence-corrected chi connectivity index (χ4v) is 3.04. The number of rotatable bonds is 8. The first-order valence-corrected chi connectivity index (χ1v) is 8.26. The van der Waals surface area contributed by atoms with E-state index in [1.165, 1.54) is 4.31 Å². The summed E-state index contributed by atoms with van der Waals surface area (Å²) in [7, 11) is -1.70. The molecule has 4 nitrogen and oxygen atoms in total. The molecule has 5 heteroatoms. The lowest BCUT2D eigenvalue weighted by molar-refractivity contribution is 0.454. The summed E-state index contributed by atoms with van der Waals surface area (Å²) >= 11 is 0. The summed E-state index contributed by atoms with van der Waals surface area (Å²) in [5, 5.41) is 3.15. The van der Waals surface area contributed by atoms with Crippen LogP contribution in [0.2, 0.25) is 0 Å². The molecule has 0 amide bonds. The van der Waals surface area contributed by atoms with Crippen LogP contribution in [0.1, 0.15) is 33.1 Å². The van der Waals surface area contributed by atoms with Crippen molar-refractivity contribution in [1.82, 2.24) is 4.31 Å². The normalized spacial score (nSPS) is 11.8. The highest BCUT2D eigenvalue weighted by Gasteiger charge is 2.19. The van der Waals surface area contributed by atoms with Crippen molar-refractivity contribution in [3.63, 3.8) is 0 Å². The molecule has 0 saturated heterocycles. The second-order valence-electron chi connectivity index (χ2n) is 4.59. The van der Waals surface area contributed by atoms with E-state index < -0.39 is 10.0 Å². The first kappa shape index (κ1) is 16.0. The maximum Gasteiger partial charge on any atom is 0.242 e. The average Bonchev–Trinajstić information content (AvgIpc) is 2.40. The summed E-state index contributed by atoms with van der Waals surface area (Å²) in [6.45, 7) is 5.51. The molecule has 0 radical (unpaired) electrons. The van der Waals surface area contributed by atoms with E-state index >= 15 is 0 Å². The fraction of sp³-hybridized carbons (Fsp3) is 0.571. The van der Waals surface area contributed by atoms with Gasteiger partial charge in [-0.05, 0) is 37.6 Å². The number of anilines is 1. The van der Waals surface area contributed by atoms with Gasteiger partial charge in [0.1, 0.15) is 0 Å². The average molecular weight is 284 g/mol. The molecule has 0 aromatic heterocycles. The number of nitrogens with one attached hydrogen (secondary N) is 1. The SMILES string of the molecule is CCCCCN(C)S(=O)(=O)c1ccc(NCC)cc1. The second kappa shape index (κ2) is 7.50. The van der Waals surface area contributed by atoms with Crippen LogP contribution in [-0.2, 0) is 10.0 Å². The van der Waals surface area contributed by atoms with E-state index in [4.69, 9.17) is 0 Å². The molecule has 0 heterocycles. The minimum atomic E-state index is -3.35. The van der Waals surface area contributed by atoms with Crippen molar-refractivity contribution in [2.45, 2.75) is 38.0 Å². The highest BCUT2D eigenvalue weighted by molar-refractivity contribution is 7.89. The van der Waals surface area contributed by atoms with Gasteiger partial charge in [0, 0.05) is 25.8 Å². The van der Waals surface area contributed by atoms with E-state index in [1.54, 1.807) is 31.3 Å². The van der Waals surface area contributed by atoms with Crippen LogP contribution < -0.4 is 5.32 Å². The Morgan fingerprint density at radius 3 is 2.26 bits per heavy atom. The number of hydrogen-bond acceptors (Lipinski definition) is 3. The molecule has 0 spiro atoms. The molecular weight excluding hydrogens is 260 g/mol. The van der Waals surface area contributed by atoms with E-state index in [9.17, 15) is 8.42 Å². The van der Waals surface area contributed by atoms with Gasteiger partial charge >= 0.3 is 0 Å². The lowest BCUT2D eigenvalue weighted by atomic mass is 10.2. The van der Waals surface area contributed by atoms with Crippen LogP contribution in [0.25, 0.3) is 0 Å². The third-order valence-corrected chi connectivity index (χ3v) is 4.89. The quantitative estimate of drug-likeness (QED) is 0.747. The second-order valence-corrected chi connectivity index (χ2v) is 6.63. The van der Waals surface area contributed by atoms with Crippen LogP contribution in [0.4, 0.5) is 5.69 Å². The topological polar surface area (TPSA) is 49.4 Å². The Morgan fingerprint density at radius 1 is 1.11 bits per heavy atom. The summed E-state index contributed by atoms with van der Waals surface area (Å²) in [5.41, 5.74) is 0.940. The van der Waals surface area contributed by atoms with Crippen LogP contribution in [0, 0.1) is 0 Å². The van der Waals surface area contributed by atoms with Gasteiger partial charge in [-0.3, -0.25) is 0 Å². The van der Waals surface area contributed by atoms with E-state index in [1.807, 2.05) is 6.92 Å². The molecule has 19 heavy (non-hydrogen) atoms. The highest BCUT2D eigenvalue weighted by atomic mass is 32.2. The summed E-state index contributed by atoms with van der Waals surface area (Å²) < 4.78 is 26.0. The number of unbranched alkanes of at least 4 members (excludes halogenated alkanes) is 2. The highest BCUT2D eigenvalue weighted by Crippen LogP contribution is 2.17. The number of sulfonamides is 1. The largest absolute Gasteiger partial charge is 0.385 e. The van der Waals surface area contributed by atoms with Gasteiger partial charge in [0.25, 0.3) is 0 Å². The Bertz CT molecular complexity index is 469. The van der Waals surface area contributed by atoms with Crippen LogP contribution in [0.3, 0.4) is 0 Å². The molecule has 1 N–H and O–H groups in total. The first-order valence-electron chi connectivity index (χ1n) is 6.82. The summed E-state index contributed by atoms with van der Waals surface area (Å²) in [6, 6.07) is 6.92. The Labute approximate surface area is 116 Å².